The summed E-state index contributed by atoms with van der Waals surface area (Å²) in [6, 6.07) is 11.0. The lowest BCUT2D eigenvalue weighted by atomic mass is 10.1. The Labute approximate surface area is 123 Å². The second-order valence-corrected chi connectivity index (χ2v) is 4.54. The summed E-state index contributed by atoms with van der Waals surface area (Å²) in [5, 5.41) is 11.5. The molecule has 0 atom stereocenters. The van der Waals surface area contributed by atoms with E-state index in [0.29, 0.717) is 0 Å². The zero-order valence-electron chi connectivity index (χ0n) is 11.8. The van der Waals surface area contributed by atoms with Crippen LogP contribution in [0.15, 0.2) is 42.6 Å². The number of aryl methyl sites for hydroxylation is 1. The van der Waals surface area contributed by atoms with Gasteiger partial charge < -0.3 is 10.4 Å². The molecular formula is C17H16N2O2. The molecule has 1 aromatic carbocycles. The fourth-order valence-electron chi connectivity index (χ4n) is 1.88. The third-order valence-electron chi connectivity index (χ3n) is 2.88. The van der Waals surface area contributed by atoms with Crippen molar-refractivity contribution in [2.24, 2.45) is 0 Å². The quantitative estimate of drug-likeness (QED) is 0.844. The lowest BCUT2D eigenvalue weighted by molar-refractivity contribution is -0.115. The Morgan fingerprint density at radius 2 is 2.19 bits per heavy atom. The summed E-state index contributed by atoms with van der Waals surface area (Å²) in [5.74, 6) is 5.32. The number of carbonyl (C=O) groups is 1. The van der Waals surface area contributed by atoms with E-state index in [1.807, 2.05) is 43.3 Å². The molecule has 1 aromatic heterocycles. The highest BCUT2D eigenvalue weighted by atomic mass is 16.2. The Balaban J connectivity index is 2.04. The van der Waals surface area contributed by atoms with E-state index < -0.39 is 0 Å². The monoisotopic (exact) mass is 280 g/mol. The first-order valence-electron chi connectivity index (χ1n) is 6.59. The minimum atomic E-state index is -0.165. The van der Waals surface area contributed by atoms with Gasteiger partial charge >= 0.3 is 0 Å². The second-order valence-electron chi connectivity index (χ2n) is 4.54. The van der Waals surface area contributed by atoms with E-state index in [1.54, 1.807) is 6.20 Å². The number of carbonyl (C=O) groups excluding carboxylic acids is 1. The standard InChI is InChI=1S/C17H16N2O2/c1-13-11-14(5-4-10-20)7-8-16(13)19-17(21)12-15-6-2-3-9-18-15/h2-3,6-9,11,20H,10,12H2,1H3,(H,19,21). The van der Waals surface area contributed by atoms with Gasteiger partial charge in [-0.15, -0.1) is 0 Å². The average Bonchev–Trinajstić information content (AvgIpc) is 2.48. The van der Waals surface area contributed by atoms with Crippen molar-refractivity contribution >= 4 is 11.6 Å². The molecule has 4 heteroatoms. The zero-order chi connectivity index (χ0) is 15.1. The SMILES string of the molecule is Cc1cc(C#CCO)ccc1NC(=O)Cc1ccccn1. The molecule has 106 valence electrons. The summed E-state index contributed by atoms with van der Waals surface area (Å²) in [6.45, 7) is 1.74. The van der Waals surface area contributed by atoms with E-state index in [9.17, 15) is 4.79 Å². The van der Waals surface area contributed by atoms with Crippen molar-refractivity contribution in [3.63, 3.8) is 0 Å². The molecule has 2 aromatic rings. The summed E-state index contributed by atoms with van der Waals surface area (Å²) in [6.07, 6.45) is 1.91. The fourth-order valence-corrected chi connectivity index (χ4v) is 1.88. The number of rotatable bonds is 3. The number of nitrogens with zero attached hydrogens (tertiary/aromatic N) is 1. The van der Waals surface area contributed by atoms with E-state index in [4.69, 9.17) is 5.11 Å². The number of hydrogen-bond acceptors (Lipinski definition) is 3. The molecule has 0 bridgehead atoms. The maximum absolute atomic E-state index is 12.0. The fraction of sp³-hybridized carbons (Fsp3) is 0.176. The first-order chi connectivity index (χ1) is 10.2. The number of nitrogens with one attached hydrogen (secondary N) is 1. The third kappa shape index (κ3) is 4.44. The van der Waals surface area contributed by atoms with Crippen molar-refractivity contribution in [1.29, 1.82) is 0 Å². The number of hydrogen-bond donors (Lipinski definition) is 2. The van der Waals surface area contributed by atoms with Crippen molar-refractivity contribution in [3.05, 3.63) is 59.4 Å². The van der Waals surface area contributed by atoms with Crippen LogP contribution < -0.4 is 5.32 Å². The first kappa shape index (κ1) is 14.8. The Kier molecular flexibility index (Phi) is 5.08. The molecule has 0 fully saturated rings. The Hall–Kier alpha value is -2.64. The van der Waals surface area contributed by atoms with Crippen LogP contribution in [0.1, 0.15) is 16.8 Å². The Morgan fingerprint density at radius 3 is 2.86 bits per heavy atom. The molecule has 0 saturated carbocycles. The summed E-state index contributed by atoms with van der Waals surface area (Å²) in [5.41, 5.74) is 3.22. The zero-order valence-corrected chi connectivity index (χ0v) is 11.8. The van der Waals surface area contributed by atoms with E-state index in [0.717, 1.165) is 22.5 Å². The predicted octanol–water partition coefficient (Wildman–Crippen LogP) is 1.92. The molecule has 1 heterocycles. The highest BCUT2D eigenvalue weighted by Crippen LogP contribution is 2.16. The van der Waals surface area contributed by atoms with E-state index in [1.165, 1.54) is 0 Å². The van der Waals surface area contributed by atoms with E-state index in [-0.39, 0.29) is 18.9 Å². The van der Waals surface area contributed by atoms with Crippen LogP contribution in [0.2, 0.25) is 0 Å². The summed E-state index contributed by atoms with van der Waals surface area (Å²) in [7, 11) is 0. The number of benzene rings is 1. The van der Waals surface area contributed by atoms with Gasteiger partial charge in [0.05, 0.1) is 6.42 Å². The van der Waals surface area contributed by atoms with E-state index in [2.05, 4.69) is 22.1 Å². The van der Waals surface area contributed by atoms with Gasteiger partial charge in [-0.05, 0) is 42.8 Å². The van der Waals surface area contributed by atoms with Crippen molar-refractivity contribution in [2.75, 3.05) is 11.9 Å². The highest BCUT2D eigenvalue weighted by molar-refractivity contribution is 5.92. The molecule has 0 aliphatic rings. The number of aliphatic hydroxyl groups is 1. The van der Waals surface area contributed by atoms with E-state index >= 15 is 0 Å². The molecule has 2 rings (SSSR count). The topological polar surface area (TPSA) is 62.2 Å². The molecule has 21 heavy (non-hydrogen) atoms. The Bertz CT molecular complexity index is 685. The van der Waals surface area contributed by atoms with Gasteiger partial charge in [-0.25, -0.2) is 0 Å². The van der Waals surface area contributed by atoms with Crippen LogP contribution in [0.4, 0.5) is 5.69 Å². The molecule has 0 radical (unpaired) electrons. The van der Waals surface area contributed by atoms with Crippen LogP contribution in [-0.2, 0) is 11.2 Å². The van der Waals surface area contributed by atoms with Gasteiger partial charge in [-0.2, -0.15) is 0 Å². The minimum absolute atomic E-state index is 0.106. The van der Waals surface area contributed by atoms with Gasteiger partial charge in [0.15, 0.2) is 0 Å². The first-order valence-corrected chi connectivity index (χ1v) is 6.59. The molecular weight excluding hydrogens is 264 g/mol. The molecule has 0 saturated heterocycles. The molecule has 0 spiro atoms. The Morgan fingerprint density at radius 1 is 1.33 bits per heavy atom. The maximum Gasteiger partial charge on any atom is 0.230 e. The number of anilines is 1. The van der Waals surface area contributed by atoms with Crippen LogP contribution in [0.25, 0.3) is 0 Å². The number of amides is 1. The smallest absolute Gasteiger partial charge is 0.230 e. The molecule has 0 aliphatic carbocycles. The summed E-state index contributed by atoms with van der Waals surface area (Å²) < 4.78 is 0. The maximum atomic E-state index is 12.0. The molecule has 4 nitrogen and oxygen atoms in total. The summed E-state index contributed by atoms with van der Waals surface area (Å²) >= 11 is 0. The van der Waals surface area contributed by atoms with Gasteiger partial charge in [-0.3, -0.25) is 9.78 Å². The summed E-state index contributed by atoms with van der Waals surface area (Å²) in [4.78, 5) is 16.1. The lowest BCUT2D eigenvalue weighted by Gasteiger charge is -2.08. The molecule has 2 N–H and O–H groups in total. The van der Waals surface area contributed by atoms with Crippen LogP contribution in [0, 0.1) is 18.8 Å². The second kappa shape index (κ2) is 7.22. The van der Waals surface area contributed by atoms with Gasteiger partial charge in [0.2, 0.25) is 5.91 Å². The predicted molar refractivity (Wildman–Crippen MR) is 81.7 cm³/mol. The highest BCUT2D eigenvalue weighted by Gasteiger charge is 2.06. The van der Waals surface area contributed by atoms with Crippen molar-refractivity contribution < 1.29 is 9.90 Å². The van der Waals surface area contributed by atoms with Crippen LogP contribution in [0.3, 0.4) is 0 Å². The van der Waals surface area contributed by atoms with Gasteiger partial charge in [0.1, 0.15) is 6.61 Å². The van der Waals surface area contributed by atoms with Crippen molar-refractivity contribution in [3.8, 4) is 11.8 Å². The van der Waals surface area contributed by atoms with Crippen molar-refractivity contribution in [2.45, 2.75) is 13.3 Å². The minimum Gasteiger partial charge on any atom is -0.384 e. The third-order valence-corrected chi connectivity index (χ3v) is 2.88. The normalized spacial score (nSPS) is 9.62. The van der Waals surface area contributed by atoms with Gasteiger partial charge in [-0.1, -0.05) is 17.9 Å². The van der Waals surface area contributed by atoms with Crippen LogP contribution >= 0.6 is 0 Å². The molecule has 0 unspecified atom stereocenters. The van der Waals surface area contributed by atoms with Crippen LogP contribution in [-0.4, -0.2) is 22.6 Å². The molecule has 1 amide bonds. The number of aromatic nitrogens is 1. The van der Waals surface area contributed by atoms with Crippen LogP contribution in [0.5, 0.6) is 0 Å². The van der Waals surface area contributed by atoms with Crippen molar-refractivity contribution in [1.82, 2.24) is 4.98 Å². The van der Waals surface area contributed by atoms with Gasteiger partial charge in [0, 0.05) is 23.1 Å². The molecule has 0 aliphatic heterocycles. The number of pyridine rings is 1. The number of aliphatic hydroxyl groups excluding tert-OH is 1. The van der Waals surface area contributed by atoms with Gasteiger partial charge in [0.25, 0.3) is 0 Å². The average molecular weight is 280 g/mol. The largest absolute Gasteiger partial charge is 0.384 e. The lowest BCUT2D eigenvalue weighted by Crippen LogP contribution is -2.15.